The van der Waals surface area contributed by atoms with Crippen LogP contribution in [0.2, 0.25) is 0 Å². The molecule has 1 N–H and O–H groups in total. The fourth-order valence-corrected chi connectivity index (χ4v) is 1.85. The molecule has 0 fully saturated rings. The van der Waals surface area contributed by atoms with Crippen molar-refractivity contribution in [2.75, 3.05) is 12.3 Å². The van der Waals surface area contributed by atoms with Gasteiger partial charge in [0.2, 0.25) is 5.91 Å². The molecule has 2 nitrogen and oxygen atoms in total. The lowest BCUT2D eigenvalue weighted by Gasteiger charge is -2.04. The standard InChI is InChI=1S/C11H10BrF2NOS/c1-7(12)5-15-11(16)6-17-8-2-3-9(13)10(14)4-8/h2-4H,1,5-6H2,(H,15,16). The van der Waals surface area contributed by atoms with E-state index in [0.717, 1.165) is 23.9 Å². The molecule has 0 unspecified atom stereocenters. The van der Waals surface area contributed by atoms with Crippen molar-refractivity contribution in [1.82, 2.24) is 5.32 Å². The van der Waals surface area contributed by atoms with E-state index in [2.05, 4.69) is 27.8 Å². The van der Waals surface area contributed by atoms with Crippen LogP contribution in [0.15, 0.2) is 34.2 Å². The third kappa shape index (κ3) is 5.32. The van der Waals surface area contributed by atoms with E-state index in [1.54, 1.807) is 0 Å². The molecular formula is C11H10BrF2NOS. The molecule has 1 aromatic carbocycles. The predicted octanol–water partition coefficient (Wildman–Crippen LogP) is 3.08. The third-order valence-corrected chi connectivity index (χ3v) is 3.01. The van der Waals surface area contributed by atoms with Crippen LogP contribution >= 0.6 is 27.7 Å². The highest BCUT2D eigenvalue weighted by atomic mass is 79.9. The van der Waals surface area contributed by atoms with Crippen LogP contribution in [0.1, 0.15) is 0 Å². The zero-order chi connectivity index (χ0) is 12.8. The number of nitrogens with one attached hydrogen (secondary N) is 1. The number of carbonyl (C=O) groups excluding carboxylic acids is 1. The minimum atomic E-state index is -0.913. The molecule has 0 heterocycles. The van der Waals surface area contributed by atoms with Gasteiger partial charge >= 0.3 is 0 Å². The Morgan fingerprint density at radius 2 is 2.12 bits per heavy atom. The lowest BCUT2D eigenvalue weighted by molar-refractivity contribution is -0.118. The summed E-state index contributed by atoms with van der Waals surface area (Å²) in [7, 11) is 0. The Balaban J connectivity index is 2.42. The van der Waals surface area contributed by atoms with E-state index in [1.807, 2.05) is 0 Å². The fourth-order valence-electron chi connectivity index (χ4n) is 0.961. The maximum absolute atomic E-state index is 12.9. The minimum Gasteiger partial charge on any atom is -0.351 e. The molecule has 92 valence electrons. The molecule has 0 aromatic heterocycles. The summed E-state index contributed by atoms with van der Waals surface area (Å²) in [6.07, 6.45) is 0. The summed E-state index contributed by atoms with van der Waals surface area (Å²) in [6, 6.07) is 3.53. The quantitative estimate of drug-likeness (QED) is 0.844. The molecule has 0 saturated carbocycles. The van der Waals surface area contributed by atoms with Crippen molar-refractivity contribution in [2.24, 2.45) is 0 Å². The molecular weight excluding hydrogens is 312 g/mol. The fraction of sp³-hybridized carbons (Fsp3) is 0.182. The number of hydrogen-bond acceptors (Lipinski definition) is 2. The third-order valence-electron chi connectivity index (χ3n) is 1.74. The molecule has 0 atom stereocenters. The second-order valence-corrected chi connectivity index (χ2v) is 5.33. The molecule has 0 aliphatic carbocycles. The highest BCUT2D eigenvalue weighted by Gasteiger charge is 2.06. The van der Waals surface area contributed by atoms with Crippen molar-refractivity contribution in [1.29, 1.82) is 0 Å². The van der Waals surface area contributed by atoms with Gasteiger partial charge in [-0.15, -0.1) is 11.8 Å². The summed E-state index contributed by atoms with van der Waals surface area (Å²) in [5, 5.41) is 2.60. The predicted molar refractivity (Wildman–Crippen MR) is 68.2 cm³/mol. The molecule has 0 aliphatic rings. The first-order chi connectivity index (χ1) is 7.99. The van der Waals surface area contributed by atoms with Gasteiger partial charge in [0.15, 0.2) is 11.6 Å². The average molecular weight is 322 g/mol. The van der Waals surface area contributed by atoms with Crippen LogP contribution in [0.4, 0.5) is 8.78 Å². The van der Waals surface area contributed by atoms with Gasteiger partial charge in [-0.25, -0.2) is 8.78 Å². The van der Waals surface area contributed by atoms with Crippen LogP contribution in [0, 0.1) is 11.6 Å². The molecule has 0 saturated heterocycles. The summed E-state index contributed by atoms with van der Waals surface area (Å²) < 4.78 is 26.1. The Kier molecular flexibility index (Phi) is 5.64. The van der Waals surface area contributed by atoms with Crippen molar-refractivity contribution >= 4 is 33.6 Å². The molecule has 0 radical (unpaired) electrons. The molecule has 17 heavy (non-hydrogen) atoms. The van der Waals surface area contributed by atoms with Crippen molar-refractivity contribution in [3.05, 3.63) is 40.9 Å². The SMILES string of the molecule is C=C(Br)CNC(=O)CSc1ccc(F)c(F)c1. The van der Waals surface area contributed by atoms with E-state index >= 15 is 0 Å². The van der Waals surface area contributed by atoms with Crippen molar-refractivity contribution in [3.8, 4) is 0 Å². The van der Waals surface area contributed by atoms with E-state index in [9.17, 15) is 13.6 Å². The zero-order valence-corrected chi connectivity index (χ0v) is 11.2. The maximum Gasteiger partial charge on any atom is 0.230 e. The molecule has 1 amide bonds. The molecule has 0 aliphatic heterocycles. The molecule has 1 rings (SSSR count). The van der Waals surface area contributed by atoms with Gasteiger partial charge in [0, 0.05) is 15.9 Å². The second-order valence-electron chi connectivity index (χ2n) is 3.16. The Morgan fingerprint density at radius 3 is 2.71 bits per heavy atom. The van der Waals surface area contributed by atoms with Gasteiger partial charge in [-0.3, -0.25) is 4.79 Å². The largest absolute Gasteiger partial charge is 0.351 e. The normalized spacial score (nSPS) is 10.1. The first-order valence-electron chi connectivity index (χ1n) is 4.67. The van der Waals surface area contributed by atoms with Gasteiger partial charge in [0.05, 0.1) is 5.75 Å². The highest BCUT2D eigenvalue weighted by Crippen LogP contribution is 2.19. The number of halogens is 3. The van der Waals surface area contributed by atoms with E-state index < -0.39 is 11.6 Å². The number of carbonyl (C=O) groups is 1. The van der Waals surface area contributed by atoms with Crippen LogP contribution in [0.25, 0.3) is 0 Å². The number of hydrogen-bond donors (Lipinski definition) is 1. The van der Waals surface area contributed by atoms with Gasteiger partial charge < -0.3 is 5.32 Å². The van der Waals surface area contributed by atoms with Crippen molar-refractivity contribution in [3.63, 3.8) is 0 Å². The smallest absolute Gasteiger partial charge is 0.230 e. The van der Waals surface area contributed by atoms with Gasteiger partial charge in [-0.2, -0.15) is 0 Å². The molecule has 0 spiro atoms. The Bertz CT molecular complexity index is 439. The van der Waals surface area contributed by atoms with Gasteiger partial charge in [0.1, 0.15) is 0 Å². The van der Waals surface area contributed by atoms with Crippen molar-refractivity contribution < 1.29 is 13.6 Å². The summed E-state index contributed by atoms with van der Waals surface area (Å²) in [4.78, 5) is 11.8. The first kappa shape index (κ1) is 14.2. The number of thioether (sulfide) groups is 1. The van der Waals surface area contributed by atoms with Crippen LogP contribution in [-0.2, 0) is 4.79 Å². The van der Waals surface area contributed by atoms with Gasteiger partial charge in [-0.1, -0.05) is 22.5 Å². The van der Waals surface area contributed by atoms with Crippen LogP contribution < -0.4 is 5.32 Å². The first-order valence-corrected chi connectivity index (χ1v) is 6.44. The zero-order valence-electron chi connectivity index (χ0n) is 8.80. The summed E-state index contributed by atoms with van der Waals surface area (Å²) in [5.74, 6) is -1.86. The van der Waals surface area contributed by atoms with E-state index in [-0.39, 0.29) is 11.7 Å². The second kappa shape index (κ2) is 6.76. The molecule has 0 bridgehead atoms. The molecule has 6 heteroatoms. The average Bonchev–Trinajstić information content (AvgIpc) is 2.28. The Morgan fingerprint density at radius 1 is 1.41 bits per heavy atom. The molecule has 1 aromatic rings. The van der Waals surface area contributed by atoms with Crippen LogP contribution in [-0.4, -0.2) is 18.2 Å². The van der Waals surface area contributed by atoms with E-state index in [0.29, 0.717) is 15.9 Å². The highest BCUT2D eigenvalue weighted by molar-refractivity contribution is 9.11. The Labute approximate surface area is 111 Å². The Hall–Kier alpha value is -0.880. The van der Waals surface area contributed by atoms with Crippen LogP contribution in [0.5, 0.6) is 0 Å². The number of rotatable bonds is 5. The van der Waals surface area contributed by atoms with Gasteiger partial charge in [0.25, 0.3) is 0 Å². The number of benzene rings is 1. The minimum absolute atomic E-state index is 0.144. The van der Waals surface area contributed by atoms with Crippen molar-refractivity contribution in [2.45, 2.75) is 4.90 Å². The van der Waals surface area contributed by atoms with E-state index in [1.165, 1.54) is 6.07 Å². The summed E-state index contributed by atoms with van der Waals surface area (Å²) in [6.45, 7) is 3.91. The lowest BCUT2D eigenvalue weighted by Crippen LogP contribution is -2.26. The maximum atomic E-state index is 12.9. The monoisotopic (exact) mass is 321 g/mol. The van der Waals surface area contributed by atoms with Crippen LogP contribution in [0.3, 0.4) is 0 Å². The summed E-state index contributed by atoms with van der Waals surface area (Å²) in [5.41, 5.74) is 0. The topological polar surface area (TPSA) is 29.1 Å². The lowest BCUT2D eigenvalue weighted by atomic mass is 10.3. The van der Waals surface area contributed by atoms with Gasteiger partial charge in [-0.05, 0) is 18.2 Å². The number of amides is 1. The summed E-state index contributed by atoms with van der Waals surface area (Å²) >= 11 is 4.25. The van der Waals surface area contributed by atoms with E-state index in [4.69, 9.17) is 0 Å².